The normalized spacial score (nSPS) is 16.1. The first-order valence-electron chi connectivity index (χ1n) is 10.0. The SMILES string of the molecule is CN1CCC[C@H]1c1cccnc1.Nc1nc(N)c2nc(-c3ccccc3)c(N)nc2n1. The average Bonchev–Trinajstić information content (AvgIpc) is 3.21. The first-order valence-corrected chi connectivity index (χ1v) is 10.0. The molecule has 0 amide bonds. The van der Waals surface area contributed by atoms with Crippen LogP contribution >= 0.6 is 0 Å². The first kappa shape index (κ1) is 20.4. The lowest BCUT2D eigenvalue weighted by Gasteiger charge is -2.18. The lowest BCUT2D eigenvalue weighted by molar-refractivity contribution is 0.317. The summed E-state index contributed by atoms with van der Waals surface area (Å²) >= 11 is 0. The van der Waals surface area contributed by atoms with Gasteiger partial charge in [0.1, 0.15) is 5.69 Å². The highest BCUT2D eigenvalue weighted by atomic mass is 15.1. The van der Waals surface area contributed by atoms with E-state index in [9.17, 15) is 0 Å². The molecule has 0 radical (unpaired) electrons. The molecule has 1 saturated heterocycles. The van der Waals surface area contributed by atoms with E-state index in [2.05, 4.69) is 42.9 Å². The number of rotatable bonds is 2. The van der Waals surface area contributed by atoms with E-state index in [1.54, 1.807) is 0 Å². The number of nitrogens with zero attached hydrogens (tertiary/aromatic N) is 6. The van der Waals surface area contributed by atoms with Gasteiger partial charge in [0.15, 0.2) is 22.8 Å². The van der Waals surface area contributed by atoms with Gasteiger partial charge in [-0.05, 0) is 38.1 Å². The van der Waals surface area contributed by atoms with Gasteiger partial charge in [0.25, 0.3) is 0 Å². The van der Waals surface area contributed by atoms with Crippen molar-refractivity contribution >= 4 is 28.7 Å². The Labute approximate surface area is 180 Å². The number of aromatic nitrogens is 5. The summed E-state index contributed by atoms with van der Waals surface area (Å²) in [4.78, 5) is 22.9. The molecule has 4 heterocycles. The van der Waals surface area contributed by atoms with Crippen LogP contribution < -0.4 is 17.2 Å². The van der Waals surface area contributed by atoms with E-state index in [-0.39, 0.29) is 17.6 Å². The van der Waals surface area contributed by atoms with Crippen molar-refractivity contribution in [2.24, 2.45) is 0 Å². The molecular formula is C22H25N9. The Morgan fingerprint density at radius 2 is 1.71 bits per heavy atom. The molecule has 4 aromatic rings. The Morgan fingerprint density at radius 1 is 0.903 bits per heavy atom. The van der Waals surface area contributed by atoms with E-state index >= 15 is 0 Å². The lowest BCUT2D eigenvalue weighted by Crippen LogP contribution is -2.17. The standard InChI is InChI=1S/C12H11N7.C10H14N2/c13-9-7(6-4-2-1-3-5-6)16-8-10(14)18-12(15)19-11(8)17-9;1-12-7-3-5-10(12)9-4-2-6-11-8-9/h1-5H,(H6,13,14,15,17,18,19);2,4,6,8,10H,3,5,7H2,1H3/t;10-/m.0/s1. The molecule has 5 rings (SSSR count). The van der Waals surface area contributed by atoms with Crippen molar-refractivity contribution in [3.05, 3.63) is 60.4 Å². The summed E-state index contributed by atoms with van der Waals surface area (Å²) in [5, 5.41) is 0. The number of hydrogen-bond acceptors (Lipinski definition) is 9. The van der Waals surface area contributed by atoms with Crippen LogP contribution in [-0.4, -0.2) is 43.4 Å². The van der Waals surface area contributed by atoms with Gasteiger partial charge in [0, 0.05) is 24.0 Å². The third kappa shape index (κ3) is 4.51. The fourth-order valence-corrected chi connectivity index (χ4v) is 3.71. The van der Waals surface area contributed by atoms with Gasteiger partial charge in [0.05, 0.1) is 0 Å². The van der Waals surface area contributed by atoms with Gasteiger partial charge in [0.2, 0.25) is 5.95 Å². The molecule has 6 N–H and O–H groups in total. The number of hydrogen-bond donors (Lipinski definition) is 3. The van der Waals surface area contributed by atoms with Crippen molar-refractivity contribution in [2.45, 2.75) is 18.9 Å². The zero-order chi connectivity index (χ0) is 21.8. The number of pyridine rings is 1. The molecule has 0 unspecified atom stereocenters. The summed E-state index contributed by atoms with van der Waals surface area (Å²) in [6.07, 6.45) is 6.41. The highest BCUT2D eigenvalue weighted by Gasteiger charge is 2.22. The van der Waals surface area contributed by atoms with Gasteiger partial charge in [-0.2, -0.15) is 9.97 Å². The molecule has 1 aliphatic heterocycles. The van der Waals surface area contributed by atoms with Crippen molar-refractivity contribution in [3.8, 4) is 11.3 Å². The third-order valence-electron chi connectivity index (χ3n) is 5.24. The maximum atomic E-state index is 5.90. The van der Waals surface area contributed by atoms with Gasteiger partial charge in [-0.25, -0.2) is 9.97 Å². The van der Waals surface area contributed by atoms with Crippen molar-refractivity contribution in [3.63, 3.8) is 0 Å². The number of fused-ring (bicyclic) bond motifs is 1. The monoisotopic (exact) mass is 415 g/mol. The van der Waals surface area contributed by atoms with Gasteiger partial charge < -0.3 is 17.2 Å². The van der Waals surface area contributed by atoms with Crippen LogP contribution in [0.5, 0.6) is 0 Å². The second-order valence-electron chi connectivity index (χ2n) is 7.39. The molecule has 0 saturated carbocycles. The molecule has 1 aromatic carbocycles. The molecule has 1 atom stereocenters. The van der Waals surface area contributed by atoms with Crippen LogP contribution in [0, 0.1) is 0 Å². The molecule has 3 aromatic heterocycles. The predicted molar refractivity (Wildman–Crippen MR) is 123 cm³/mol. The number of nitrogens with two attached hydrogens (primary N) is 3. The van der Waals surface area contributed by atoms with Gasteiger partial charge in [-0.1, -0.05) is 36.4 Å². The van der Waals surface area contributed by atoms with Crippen LogP contribution in [0.15, 0.2) is 54.9 Å². The summed E-state index contributed by atoms with van der Waals surface area (Å²) in [6, 6.07) is 14.3. The second-order valence-corrected chi connectivity index (χ2v) is 7.39. The largest absolute Gasteiger partial charge is 0.382 e. The van der Waals surface area contributed by atoms with E-state index in [1.807, 2.05) is 48.8 Å². The Balaban J connectivity index is 0.000000166. The van der Waals surface area contributed by atoms with Crippen LogP contribution in [0.2, 0.25) is 0 Å². The van der Waals surface area contributed by atoms with Crippen LogP contribution in [0.25, 0.3) is 22.4 Å². The Bertz CT molecular complexity index is 1170. The van der Waals surface area contributed by atoms with Crippen molar-refractivity contribution in [1.82, 2.24) is 29.8 Å². The second kappa shape index (κ2) is 8.88. The highest BCUT2D eigenvalue weighted by Crippen LogP contribution is 2.29. The van der Waals surface area contributed by atoms with E-state index in [0.29, 0.717) is 22.9 Å². The van der Waals surface area contributed by atoms with Crippen LogP contribution in [0.3, 0.4) is 0 Å². The first-order chi connectivity index (χ1) is 15.0. The minimum absolute atomic E-state index is 0.0474. The molecule has 1 fully saturated rings. The topological polar surface area (TPSA) is 146 Å². The molecule has 0 aliphatic carbocycles. The fraction of sp³-hybridized carbons (Fsp3) is 0.227. The molecule has 9 heteroatoms. The smallest absolute Gasteiger partial charge is 0.224 e. The van der Waals surface area contributed by atoms with Crippen molar-refractivity contribution in [2.75, 3.05) is 30.8 Å². The van der Waals surface area contributed by atoms with E-state index in [0.717, 1.165) is 5.56 Å². The molecular weight excluding hydrogens is 390 g/mol. The quantitative estimate of drug-likeness (QED) is 0.449. The summed E-state index contributed by atoms with van der Waals surface area (Å²) < 4.78 is 0. The molecule has 31 heavy (non-hydrogen) atoms. The van der Waals surface area contributed by atoms with Gasteiger partial charge >= 0.3 is 0 Å². The highest BCUT2D eigenvalue weighted by molar-refractivity contribution is 5.87. The Morgan fingerprint density at radius 3 is 2.39 bits per heavy atom. The van der Waals surface area contributed by atoms with Crippen molar-refractivity contribution in [1.29, 1.82) is 0 Å². The number of benzene rings is 1. The molecule has 0 spiro atoms. The zero-order valence-corrected chi connectivity index (χ0v) is 17.3. The van der Waals surface area contributed by atoms with E-state index in [4.69, 9.17) is 17.2 Å². The Kier molecular flexibility index (Phi) is 5.85. The predicted octanol–water partition coefficient (Wildman–Crippen LogP) is 2.68. The molecule has 0 bridgehead atoms. The zero-order valence-electron chi connectivity index (χ0n) is 17.3. The molecule has 9 nitrogen and oxygen atoms in total. The minimum Gasteiger partial charge on any atom is -0.382 e. The fourth-order valence-electron chi connectivity index (χ4n) is 3.71. The van der Waals surface area contributed by atoms with Crippen LogP contribution in [0.4, 0.5) is 17.6 Å². The summed E-state index contributed by atoms with van der Waals surface area (Å²) in [7, 11) is 2.19. The number of nitrogen functional groups attached to an aromatic ring is 3. The third-order valence-corrected chi connectivity index (χ3v) is 5.24. The number of anilines is 3. The van der Waals surface area contributed by atoms with Gasteiger partial charge in [-0.15, -0.1) is 0 Å². The van der Waals surface area contributed by atoms with Crippen LogP contribution in [0.1, 0.15) is 24.4 Å². The maximum Gasteiger partial charge on any atom is 0.224 e. The van der Waals surface area contributed by atoms with Crippen molar-refractivity contribution < 1.29 is 0 Å². The maximum absolute atomic E-state index is 5.90. The summed E-state index contributed by atoms with van der Waals surface area (Å²) in [5.74, 6) is 0.509. The molecule has 158 valence electrons. The van der Waals surface area contributed by atoms with E-state index < -0.39 is 0 Å². The van der Waals surface area contributed by atoms with Gasteiger partial charge in [-0.3, -0.25) is 9.88 Å². The van der Waals surface area contributed by atoms with E-state index in [1.165, 1.54) is 24.9 Å². The molecule has 1 aliphatic rings. The average molecular weight is 416 g/mol. The summed E-state index contributed by atoms with van der Waals surface area (Å²) in [5.41, 5.74) is 20.6. The van der Waals surface area contributed by atoms with Crippen LogP contribution in [-0.2, 0) is 0 Å². The minimum atomic E-state index is 0.0474. The summed E-state index contributed by atoms with van der Waals surface area (Å²) in [6.45, 7) is 1.22. The number of likely N-dealkylation sites (tertiary alicyclic amines) is 1. The lowest BCUT2D eigenvalue weighted by atomic mass is 10.1. The Hall–Kier alpha value is -3.85.